The minimum atomic E-state index is -0.577. The van der Waals surface area contributed by atoms with Crippen LogP contribution in [0.5, 0.6) is 0 Å². The summed E-state index contributed by atoms with van der Waals surface area (Å²) in [5, 5.41) is 16.5. The molecule has 0 bridgehead atoms. The average molecular weight is 184 g/mol. The highest BCUT2D eigenvalue weighted by atomic mass is 32.1. The molecule has 0 amide bonds. The van der Waals surface area contributed by atoms with E-state index in [0.717, 1.165) is 0 Å². The molecule has 0 aromatic heterocycles. The second-order valence-electron chi connectivity index (χ2n) is 2.59. The van der Waals surface area contributed by atoms with Crippen LogP contribution in [0.1, 0.15) is 26.2 Å². The van der Waals surface area contributed by atoms with Crippen LogP contribution in [0.15, 0.2) is 0 Å². The molecule has 1 unspecified atom stereocenters. The van der Waals surface area contributed by atoms with Crippen molar-refractivity contribution < 1.29 is 4.74 Å². The number of hydrogen-bond donors (Lipinski definition) is 1. The molecule has 0 aliphatic rings. The molecule has 3 nitrogen and oxygen atoms in total. The molecule has 0 aliphatic heterocycles. The normalized spacial score (nSPS) is 14.3. The highest BCUT2D eigenvalue weighted by molar-refractivity contribution is 7.81. The Morgan fingerprint density at radius 1 is 1.33 bits per heavy atom. The van der Waals surface area contributed by atoms with E-state index in [1.165, 1.54) is 0 Å². The molecule has 0 spiro atoms. The van der Waals surface area contributed by atoms with Crippen molar-refractivity contribution in [1.82, 2.24) is 0 Å². The van der Waals surface area contributed by atoms with Gasteiger partial charge in [0, 0.05) is 6.42 Å². The monoisotopic (exact) mass is 184 g/mol. The number of thiol groups is 1. The second-order valence-corrected chi connectivity index (χ2v) is 3.54. The molecular weight excluding hydrogens is 172 g/mol. The number of rotatable bonds is 5. The van der Waals surface area contributed by atoms with Crippen molar-refractivity contribution in [3.05, 3.63) is 0 Å². The molecule has 0 radical (unpaired) electrons. The first kappa shape index (κ1) is 11.3. The Kier molecular flexibility index (Phi) is 5.53. The fraction of sp³-hybridized carbons (Fsp3) is 0.750. The van der Waals surface area contributed by atoms with E-state index in [1.807, 2.05) is 12.1 Å². The summed E-state index contributed by atoms with van der Waals surface area (Å²) in [6, 6.07) is 3.99. The topological polar surface area (TPSA) is 56.8 Å². The van der Waals surface area contributed by atoms with Gasteiger partial charge in [0.25, 0.3) is 0 Å². The van der Waals surface area contributed by atoms with E-state index in [0.29, 0.717) is 25.9 Å². The first-order chi connectivity index (χ1) is 5.62. The lowest BCUT2D eigenvalue weighted by Crippen LogP contribution is -2.21. The van der Waals surface area contributed by atoms with Crippen molar-refractivity contribution in [1.29, 1.82) is 10.5 Å². The van der Waals surface area contributed by atoms with E-state index in [4.69, 9.17) is 15.3 Å². The minimum absolute atomic E-state index is 0.364. The Bertz CT molecular complexity index is 202. The third-order valence-electron chi connectivity index (χ3n) is 1.33. The predicted octanol–water partition coefficient (Wildman–Crippen LogP) is 1.87. The van der Waals surface area contributed by atoms with Gasteiger partial charge in [-0.15, -0.1) is 12.6 Å². The molecule has 0 saturated carbocycles. The molecule has 4 heteroatoms. The second kappa shape index (κ2) is 5.88. The number of nitriles is 2. The smallest absolute Gasteiger partial charge is 0.109 e. The summed E-state index contributed by atoms with van der Waals surface area (Å²) in [6.07, 6.45) is 1.37. The Hall–Kier alpha value is -0.710. The van der Waals surface area contributed by atoms with E-state index in [1.54, 1.807) is 6.92 Å². The Labute approximate surface area is 78.3 Å². The largest absolute Gasteiger partial charge is 0.364 e. The molecule has 66 valence electrons. The van der Waals surface area contributed by atoms with Gasteiger partial charge in [0.1, 0.15) is 4.93 Å². The molecule has 0 aromatic rings. The Morgan fingerprint density at radius 3 is 2.42 bits per heavy atom. The van der Waals surface area contributed by atoms with Gasteiger partial charge in [-0.2, -0.15) is 10.5 Å². The number of nitrogens with zero attached hydrogens (tertiary/aromatic N) is 2. The molecule has 0 heterocycles. The Balaban J connectivity index is 3.59. The van der Waals surface area contributed by atoms with Crippen molar-refractivity contribution in [3.8, 4) is 12.1 Å². The standard InChI is InChI=1S/C8H12N2OS/c1-8(12,4-2-5-9)11-7-3-6-10/h12H,2-4,7H2,1H3. The van der Waals surface area contributed by atoms with Crippen LogP contribution < -0.4 is 0 Å². The average Bonchev–Trinajstić information content (AvgIpc) is 2.01. The summed E-state index contributed by atoms with van der Waals surface area (Å²) in [7, 11) is 0. The molecule has 12 heavy (non-hydrogen) atoms. The predicted molar refractivity (Wildman–Crippen MR) is 48.4 cm³/mol. The molecule has 0 aliphatic carbocycles. The molecule has 0 N–H and O–H groups in total. The van der Waals surface area contributed by atoms with E-state index >= 15 is 0 Å². The van der Waals surface area contributed by atoms with Crippen molar-refractivity contribution >= 4 is 12.6 Å². The van der Waals surface area contributed by atoms with Gasteiger partial charge < -0.3 is 4.74 Å². The van der Waals surface area contributed by atoms with Crippen LogP contribution in [0, 0.1) is 22.7 Å². The summed E-state index contributed by atoms with van der Waals surface area (Å²) in [5.74, 6) is 0. The lowest BCUT2D eigenvalue weighted by Gasteiger charge is -2.22. The maximum Gasteiger partial charge on any atom is 0.109 e. The highest BCUT2D eigenvalue weighted by Crippen LogP contribution is 2.21. The quantitative estimate of drug-likeness (QED) is 0.403. The summed E-state index contributed by atoms with van der Waals surface area (Å²) >= 11 is 4.21. The van der Waals surface area contributed by atoms with Gasteiger partial charge in [-0.05, 0) is 13.3 Å². The Morgan fingerprint density at radius 2 is 1.92 bits per heavy atom. The van der Waals surface area contributed by atoms with Crippen LogP contribution in [-0.2, 0) is 4.74 Å². The van der Waals surface area contributed by atoms with Gasteiger partial charge in [-0.25, -0.2) is 0 Å². The number of ether oxygens (including phenoxy) is 1. The summed E-state index contributed by atoms with van der Waals surface area (Å²) in [4.78, 5) is -0.577. The van der Waals surface area contributed by atoms with Gasteiger partial charge in [0.05, 0.1) is 25.2 Å². The highest BCUT2D eigenvalue weighted by Gasteiger charge is 2.18. The van der Waals surface area contributed by atoms with E-state index in [9.17, 15) is 0 Å². The van der Waals surface area contributed by atoms with Gasteiger partial charge in [-0.3, -0.25) is 0 Å². The van der Waals surface area contributed by atoms with Crippen LogP contribution >= 0.6 is 12.6 Å². The van der Waals surface area contributed by atoms with E-state index in [-0.39, 0.29) is 0 Å². The van der Waals surface area contributed by atoms with Crippen molar-refractivity contribution in [3.63, 3.8) is 0 Å². The van der Waals surface area contributed by atoms with Gasteiger partial charge in [0.15, 0.2) is 0 Å². The van der Waals surface area contributed by atoms with Crippen LogP contribution in [0.25, 0.3) is 0 Å². The molecule has 0 saturated heterocycles. The fourth-order valence-corrected chi connectivity index (χ4v) is 0.880. The molecule has 1 atom stereocenters. The van der Waals surface area contributed by atoms with Crippen molar-refractivity contribution in [2.24, 2.45) is 0 Å². The van der Waals surface area contributed by atoms with E-state index in [2.05, 4.69) is 12.6 Å². The van der Waals surface area contributed by atoms with Gasteiger partial charge >= 0.3 is 0 Å². The lowest BCUT2D eigenvalue weighted by molar-refractivity contribution is 0.0394. The molecule has 0 fully saturated rings. The zero-order chi connectivity index (χ0) is 9.45. The fourth-order valence-electron chi connectivity index (χ4n) is 0.677. The molecule has 0 aromatic carbocycles. The zero-order valence-corrected chi connectivity index (χ0v) is 7.97. The molecular formula is C8H12N2OS. The third-order valence-corrected chi connectivity index (χ3v) is 1.68. The van der Waals surface area contributed by atoms with Gasteiger partial charge in [-0.1, -0.05) is 0 Å². The van der Waals surface area contributed by atoms with Crippen LogP contribution in [0.3, 0.4) is 0 Å². The summed E-state index contributed by atoms with van der Waals surface area (Å²) < 4.78 is 5.26. The lowest BCUT2D eigenvalue weighted by atomic mass is 10.2. The minimum Gasteiger partial charge on any atom is -0.364 e. The zero-order valence-electron chi connectivity index (χ0n) is 7.08. The first-order valence-corrected chi connectivity index (χ1v) is 4.17. The van der Waals surface area contributed by atoms with Crippen molar-refractivity contribution in [2.75, 3.05) is 6.61 Å². The molecule has 0 rings (SSSR count). The van der Waals surface area contributed by atoms with E-state index < -0.39 is 4.93 Å². The maximum atomic E-state index is 8.31. The van der Waals surface area contributed by atoms with Gasteiger partial charge in [0.2, 0.25) is 0 Å². The SMILES string of the molecule is CC(S)(CCC#N)OCCC#N. The number of hydrogen-bond acceptors (Lipinski definition) is 4. The maximum absolute atomic E-state index is 8.31. The third kappa shape index (κ3) is 6.03. The summed E-state index contributed by atoms with van der Waals surface area (Å²) in [5.41, 5.74) is 0. The van der Waals surface area contributed by atoms with Crippen LogP contribution in [-0.4, -0.2) is 11.5 Å². The van der Waals surface area contributed by atoms with Crippen LogP contribution in [0.4, 0.5) is 0 Å². The van der Waals surface area contributed by atoms with Crippen molar-refractivity contribution in [2.45, 2.75) is 31.1 Å². The summed E-state index contributed by atoms with van der Waals surface area (Å²) in [6.45, 7) is 2.17. The first-order valence-electron chi connectivity index (χ1n) is 3.72. The van der Waals surface area contributed by atoms with Crippen LogP contribution in [0.2, 0.25) is 0 Å².